The third-order valence-electron chi connectivity index (χ3n) is 4.30. The molecule has 1 aromatic rings. The molecular weight excluding hydrogens is 334 g/mol. The lowest BCUT2D eigenvalue weighted by atomic mass is 9.83. The van der Waals surface area contributed by atoms with Crippen LogP contribution in [0.1, 0.15) is 37.7 Å². The van der Waals surface area contributed by atoms with Gasteiger partial charge in [-0.1, -0.05) is 49.6 Å². The molecule has 0 unspecified atom stereocenters. The Bertz CT molecular complexity index is 676. The number of carbonyl (C=O) groups excluding carboxylic acids is 3. The lowest BCUT2D eigenvalue weighted by Crippen LogP contribution is -2.50. The van der Waals surface area contributed by atoms with Gasteiger partial charge in [0.25, 0.3) is 5.91 Å². The number of ether oxygens (including phenoxy) is 1. The summed E-state index contributed by atoms with van der Waals surface area (Å²) in [6.45, 7) is -0.765. The first kappa shape index (κ1) is 19.4. The Labute approximate surface area is 152 Å². The Morgan fingerprint density at radius 2 is 1.77 bits per heavy atom. The summed E-state index contributed by atoms with van der Waals surface area (Å²) >= 11 is 0. The first-order valence-corrected chi connectivity index (χ1v) is 8.71. The molecule has 7 nitrogen and oxygen atoms in total. The molecular formula is C19H23N3O4. The first-order chi connectivity index (χ1) is 12.5. The van der Waals surface area contributed by atoms with E-state index in [1.54, 1.807) is 0 Å². The summed E-state index contributed by atoms with van der Waals surface area (Å²) in [5.74, 6) is -1.50. The number of carbonyl (C=O) groups is 3. The van der Waals surface area contributed by atoms with Crippen molar-refractivity contribution in [1.29, 1.82) is 5.26 Å². The molecule has 0 atom stereocenters. The van der Waals surface area contributed by atoms with E-state index in [0.717, 1.165) is 24.8 Å². The van der Waals surface area contributed by atoms with Crippen molar-refractivity contribution in [2.75, 3.05) is 13.2 Å². The van der Waals surface area contributed by atoms with Gasteiger partial charge in [-0.15, -0.1) is 0 Å². The number of benzene rings is 1. The maximum Gasteiger partial charge on any atom is 0.325 e. The molecule has 26 heavy (non-hydrogen) atoms. The summed E-state index contributed by atoms with van der Waals surface area (Å²) in [6, 6.07) is 11.3. The van der Waals surface area contributed by atoms with Crippen molar-refractivity contribution in [3.63, 3.8) is 0 Å². The molecule has 0 bridgehead atoms. The van der Waals surface area contributed by atoms with Gasteiger partial charge in [-0.25, -0.2) is 0 Å². The zero-order valence-corrected chi connectivity index (χ0v) is 14.6. The number of nitrogens with one attached hydrogen (secondary N) is 2. The van der Waals surface area contributed by atoms with E-state index in [2.05, 4.69) is 16.7 Å². The highest BCUT2D eigenvalue weighted by molar-refractivity contribution is 5.85. The Hall–Kier alpha value is -2.88. The van der Waals surface area contributed by atoms with Crippen LogP contribution in [0.5, 0.6) is 0 Å². The average Bonchev–Trinajstić information content (AvgIpc) is 2.66. The fourth-order valence-corrected chi connectivity index (χ4v) is 2.93. The Morgan fingerprint density at radius 3 is 2.42 bits per heavy atom. The monoisotopic (exact) mass is 357 g/mol. The highest BCUT2D eigenvalue weighted by Crippen LogP contribution is 2.27. The second-order valence-electron chi connectivity index (χ2n) is 6.40. The molecule has 1 aromatic carbocycles. The van der Waals surface area contributed by atoms with Crippen LogP contribution in [0.15, 0.2) is 30.3 Å². The molecule has 1 aliphatic rings. The molecule has 2 N–H and O–H groups in total. The third-order valence-corrected chi connectivity index (χ3v) is 4.30. The molecule has 0 heterocycles. The van der Waals surface area contributed by atoms with Crippen LogP contribution in [-0.2, 0) is 25.5 Å². The highest BCUT2D eigenvalue weighted by atomic mass is 16.5. The van der Waals surface area contributed by atoms with E-state index < -0.39 is 24.0 Å². The topological polar surface area (TPSA) is 108 Å². The number of nitrogens with zero attached hydrogens (tertiary/aromatic N) is 1. The molecule has 138 valence electrons. The summed E-state index contributed by atoms with van der Waals surface area (Å²) in [4.78, 5) is 35.4. The Morgan fingerprint density at radius 1 is 1.08 bits per heavy atom. The molecule has 1 aliphatic carbocycles. The SMILES string of the molecule is N#CC1(NC(=O)COC(=O)CNC(=O)Cc2ccccc2)CCCCC1. The van der Waals surface area contributed by atoms with Crippen LogP contribution < -0.4 is 10.6 Å². The maximum atomic E-state index is 11.9. The fraction of sp³-hybridized carbons (Fsp3) is 0.474. The van der Waals surface area contributed by atoms with E-state index in [1.165, 1.54) is 0 Å². The van der Waals surface area contributed by atoms with E-state index in [1.807, 2.05) is 30.3 Å². The van der Waals surface area contributed by atoms with Crippen LogP contribution in [0.2, 0.25) is 0 Å². The smallest absolute Gasteiger partial charge is 0.325 e. The maximum absolute atomic E-state index is 11.9. The van der Waals surface area contributed by atoms with Crippen LogP contribution in [0.25, 0.3) is 0 Å². The van der Waals surface area contributed by atoms with Gasteiger partial charge in [-0.3, -0.25) is 14.4 Å². The second kappa shape index (κ2) is 9.56. The van der Waals surface area contributed by atoms with Crippen molar-refractivity contribution in [3.05, 3.63) is 35.9 Å². The van der Waals surface area contributed by atoms with Gasteiger partial charge in [0.1, 0.15) is 12.1 Å². The molecule has 0 saturated heterocycles. The van der Waals surface area contributed by atoms with Crippen LogP contribution >= 0.6 is 0 Å². The van der Waals surface area contributed by atoms with Crippen molar-refractivity contribution in [3.8, 4) is 6.07 Å². The van der Waals surface area contributed by atoms with Crippen molar-refractivity contribution in [2.45, 2.75) is 44.1 Å². The number of hydrogen-bond acceptors (Lipinski definition) is 5. The summed E-state index contributed by atoms with van der Waals surface area (Å²) in [5, 5.41) is 14.4. The van der Waals surface area contributed by atoms with Gasteiger partial charge in [0.05, 0.1) is 12.5 Å². The quantitative estimate of drug-likeness (QED) is 0.714. The molecule has 7 heteroatoms. The summed E-state index contributed by atoms with van der Waals surface area (Å²) in [6.07, 6.45) is 4.22. The molecule has 0 spiro atoms. The van der Waals surface area contributed by atoms with Crippen molar-refractivity contribution in [1.82, 2.24) is 10.6 Å². The molecule has 1 fully saturated rings. The van der Waals surface area contributed by atoms with Crippen molar-refractivity contribution in [2.24, 2.45) is 0 Å². The predicted molar refractivity (Wildman–Crippen MR) is 93.7 cm³/mol. The van der Waals surface area contributed by atoms with Crippen molar-refractivity contribution >= 4 is 17.8 Å². The first-order valence-electron chi connectivity index (χ1n) is 8.71. The lowest BCUT2D eigenvalue weighted by Gasteiger charge is -2.31. The van der Waals surface area contributed by atoms with E-state index in [0.29, 0.717) is 12.8 Å². The number of rotatable bonds is 7. The normalized spacial score (nSPS) is 15.3. The number of hydrogen-bond donors (Lipinski definition) is 2. The minimum atomic E-state index is -0.856. The summed E-state index contributed by atoms with van der Waals surface area (Å²) < 4.78 is 4.86. The lowest BCUT2D eigenvalue weighted by molar-refractivity contribution is -0.148. The van der Waals surface area contributed by atoms with Gasteiger partial charge in [0.2, 0.25) is 5.91 Å². The van der Waals surface area contributed by atoms with Crippen LogP contribution in [0.4, 0.5) is 0 Å². The minimum absolute atomic E-state index is 0.166. The van der Waals surface area contributed by atoms with Crippen molar-refractivity contribution < 1.29 is 19.1 Å². The average molecular weight is 357 g/mol. The molecule has 0 aliphatic heterocycles. The van der Waals surface area contributed by atoms with Gasteiger partial charge in [0, 0.05) is 0 Å². The van der Waals surface area contributed by atoms with Crippen LogP contribution in [0, 0.1) is 11.3 Å². The van der Waals surface area contributed by atoms with E-state index >= 15 is 0 Å². The predicted octanol–water partition coefficient (Wildman–Crippen LogP) is 1.23. The zero-order chi connectivity index (χ0) is 18.8. The highest BCUT2D eigenvalue weighted by Gasteiger charge is 2.33. The van der Waals surface area contributed by atoms with E-state index in [9.17, 15) is 19.6 Å². The van der Waals surface area contributed by atoms with Gasteiger partial charge in [-0.2, -0.15) is 5.26 Å². The van der Waals surface area contributed by atoms with Crippen LogP contribution in [0.3, 0.4) is 0 Å². The van der Waals surface area contributed by atoms with Gasteiger partial charge in [-0.05, 0) is 18.4 Å². The summed E-state index contributed by atoms with van der Waals surface area (Å²) in [7, 11) is 0. The number of amides is 2. The fourth-order valence-electron chi connectivity index (χ4n) is 2.93. The number of nitriles is 1. The van der Waals surface area contributed by atoms with E-state index in [4.69, 9.17) is 4.74 Å². The Balaban J connectivity index is 1.67. The van der Waals surface area contributed by atoms with Crippen LogP contribution in [-0.4, -0.2) is 36.5 Å². The van der Waals surface area contributed by atoms with E-state index in [-0.39, 0.29) is 18.9 Å². The standard InChI is InChI=1S/C19H23N3O4/c20-14-19(9-5-2-6-10-19)22-17(24)13-26-18(25)12-21-16(23)11-15-7-3-1-4-8-15/h1,3-4,7-8H,2,5-6,9-13H2,(H,21,23)(H,22,24). The zero-order valence-electron chi connectivity index (χ0n) is 14.6. The summed E-state index contributed by atoms with van der Waals surface area (Å²) in [5.41, 5.74) is -0.0157. The molecule has 2 rings (SSSR count). The Kier molecular flexibility index (Phi) is 7.15. The number of esters is 1. The van der Waals surface area contributed by atoms with Gasteiger partial charge in [0.15, 0.2) is 6.61 Å². The van der Waals surface area contributed by atoms with Gasteiger partial charge >= 0.3 is 5.97 Å². The molecule has 2 amide bonds. The minimum Gasteiger partial charge on any atom is -0.454 e. The molecule has 1 saturated carbocycles. The molecule has 0 aromatic heterocycles. The molecule has 0 radical (unpaired) electrons. The largest absolute Gasteiger partial charge is 0.454 e. The second-order valence-corrected chi connectivity index (χ2v) is 6.40. The third kappa shape index (κ3) is 6.20. The van der Waals surface area contributed by atoms with Gasteiger partial charge < -0.3 is 15.4 Å².